The second-order valence-corrected chi connectivity index (χ2v) is 16.9. The van der Waals surface area contributed by atoms with E-state index in [1.165, 1.54) is 44.5 Å². The van der Waals surface area contributed by atoms with Crippen LogP contribution in [0.4, 0.5) is 11.4 Å². The van der Waals surface area contributed by atoms with E-state index in [-0.39, 0.29) is 0 Å². The number of aromatic nitrogens is 3. The SMILES string of the molecule is CCCC1CC(N)(CC)c2nc3c(-c4ccc(Nc5ccccc5)c(-c5ccccc5C)c4)sc(-c4ccc5c(c4)c4c(n5-c5ccccc5)C=CCC4)c3nc21. The van der Waals surface area contributed by atoms with Crippen LogP contribution in [0.1, 0.15) is 80.1 Å². The third-order valence-electron chi connectivity index (χ3n) is 12.3. The van der Waals surface area contributed by atoms with Crippen molar-refractivity contribution < 1.29 is 0 Å². The van der Waals surface area contributed by atoms with Crippen LogP contribution in [0.2, 0.25) is 0 Å². The first-order valence-electron chi connectivity index (χ1n) is 20.5. The minimum absolute atomic E-state index is 0.306. The Labute approximate surface area is 339 Å². The first-order valence-corrected chi connectivity index (χ1v) is 21.3. The molecule has 0 saturated heterocycles. The van der Waals surface area contributed by atoms with Crippen LogP contribution in [0.15, 0.2) is 127 Å². The van der Waals surface area contributed by atoms with Gasteiger partial charge in [-0.1, -0.05) is 99.1 Å². The van der Waals surface area contributed by atoms with Crippen molar-refractivity contribution in [1.29, 1.82) is 0 Å². The van der Waals surface area contributed by atoms with Crippen LogP contribution < -0.4 is 11.1 Å². The van der Waals surface area contributed by atoms with Gasteiger partial charge in [0.2, 0.25) is 0 Å². The van der Waals surface area contributed by atoms with Gasteiger partial charge in [-0.3, -0.25) is 0 Å². The molecule has 57 heavy (non-hydrogen) atoms. The van der Waals surface area contributed by atoms with Crippen molar-refractivity contribution in [3.8, 4) is 37.7 Å². The molecule has 0 bridgehead atoms. The quantitative estimate of drug-likeness (QED) is 0.154. The van der Waals surface area contributed by atoms with Gasteiger partial charge in [-0.25, -0.2) is 9.97 Å². The molecule has 2 unspecified atom stereocenters. The molecule has 0 radical (unpaired) electrons. The first kappa shape index (κ1) is 35.6. The monoisotopic (exact) mass is 761 g/mol. The third-order valence-corrected chi connectivity index (χ3v) is 13.6. The molecule has 10 rings (SSSR count). The average Bonchev–Trinajstić information content (AvgIpc) is 3.88. The van der Waals surface area contributed by atoms with E-state index in [1.54, 1.807) is 0 Å². The number of anilines is 2. The topological polar surface area (TPSA) is 68.8 Å². The minimum atomic E-state index is -0.489. The fourth-order valence-electron chi connectivity index (χ4n) is 9.34. The summed E-state index contributed by atoms with van der Waals surface area (Å²) in [7, 11) is 0. The molecule has 282 valence electrons. The highest BCUT2D eigenvalue weighted by molar-refractivity contribution is 7.20. The van der Waals surface area contributed by atoms with Crippen LogP contribution in [0.25, 0.3) is 65.7 Å². The van der Waals surface area contributed by atoms with Crippen molar-refractivity contribution in [2.45, 2.75) is 70.8 Å². The normalized spacial score (nSPS) is 17.3. The molecule has 0 spiro atoms. The Morgan fingerprint density at radius 3 is 2.30 bits per heavy atom. The predicted molar refractivity (Wildman–Crippen MR) is 241 cm³/mol. The Bertz CT molecular complexity index is 2830. The number of para-hydroxylation sites is 2. The number of nitrogens with one attached hydrogen (secondary N) is 1. The summed E-state index contributed by atoms with van der Waals surface area (Å²) in [6.07, 6.45) is 10.6. The van der Waals surface area contributed by atoms with Crippen molar-refractivity contribution in [3.63, 3.8) is 0 Å². The molecule has 5 aromatic carbocycles. The summed E-state index contributed by atoms with van der Waals surface area (Å²) in [6, 6.07) is 43.7. The molecule has 5 nitrogen and oxygen atoms in total. The number of nitrogens with two attached hydrogens (primary N) is 1. The number of fused-ring (bicyclic) bond motifs is 5. The zero-order chi connectivity index (χ0) is 38.7. The lowest BCUT2D eigenvalue weighted by Crippen LogP contribution is -2.34. The fraction of sp³-hybridized carbons (Fsp3) is 0.216. The van der Waals surface area contributed by atoms with Gasteiger partial charge >= 0.3 is 0 Å². The molecule has 0 saturated carbocycles. The summed E-state index contributed by atoms with van der Waals surface area (Å²) < 4.78 is 2.42. The lowest BCUT2D eigenvalue weighted by Gasteiger charge is -2.22. The Morgan fingerprint density at radius 1 is 0.807 bits per heavy atom. The zero-order valence-electron chi connectivity index (χ0n) is 32.8. The van der Waals surface area contributed by atoms with Crippen molar-refractivity contribution >= 4 is 50.7 Å². The number of rotatable bonds is 9. The van der Waals surface area contributed by atoms with E-state index in [4.69, 9.17) is 15.7 Å². The molecule has 2 atom stereocenters. The maximum absolute atomic E-state index is 7.26. The van der Waals surface area contributed by atoms with Crippen LogP contribution >= 0.6 is 11.3 Å². The maximum atomic E-state index is 7.26. The molecular formula is C51H47N5S. The molecule has 0 fully saturated rings. The van der Waals surface area contributed by atoms with Gasteiger partial charge in [-0.15, -0.1) is 11.3 Å². The van der Waals surface area contributed by atoms with Crippen LogP contribution in [-0.2, 0) is 12.0 Å². The molecule has 8 aromatic rings. The average molecular weight is 762 g/mol. The molecule has 0 aliphatic heterocycles. The molecular weight excluding hydrogens is 715 g/mol. The smallest absolute Gasteiger partial charge is 0.108 e. The fourth-order valence-corrected chi connectivity index (χ4v) is 10.5. The zero-order valence-corrected chi connectivity index (χ0v) is 33.7. The van der Waals surface area contributed by atoms with Crippen LogP contribution in [0, 0.1) is 6.92 Å². The van der Waals surface area contributed by atoms with Crippen LogP contribution in [0.5, 0.6) is 0 Å². The number of benzene rings is 5. The van der Waals surface area contributed by atoms with E-state index < -0.39 is 5.54 Å². The standard InChI is InChI=1S/C51H47N5S/c1-4-16-35-31-51(52,5-2)50-45(35)54-46-47(55-50)49(33-25-27-42(53-36-18-8-6-9-19-36)40(29-33)38-22-13-12-17-32(38)3)57-48(46)34-26-28-44-41(30-34)39-23-14-15-24-43(39)56(44)37-20-10-7-11-21-37/h6-13,15,17-22,24-30,35,53H,4-5,14,16,23,31,52H2,1-3H3. The maximum Gasteiger partial charge on any atom is 0.108 e. The predicted octanol–water partition coefficient (Wildman–Crippen LogP) is 13.5. The molecule has 3 aromatic heterocycles. The van der Waals surface area contributed by atoms with Gasteiger partial charge in [0.05, 0.1) is 32.2 Å². The van der Waals surface area contributed by atoms with Gasteiger partial charge in [-0.2, -0.15) is 0 Å². The summed E-state index contributed by atoms with van der Waals surface area (Å²) in [4.78, 5) is 13.6. The molecule has 3 heterocycles. The largest absolute Gasteiger partial charge is 0.355 e. The van der Waals surface area contributed by atoms with Crippen LogP contribution in [-0.4, -0.2) is 14.5 Å². The van der Waals surface area contributed by atoms with Crippen molar-refractivity contribution in [3.05, 3.63) is 156 Å². The molecule has 6 heteroatoms. The summed E-state index contributed by atoms with van der Waals surface area (Å²) in [6.45, 7) is 6.65. The van der Waals surface area contributed by atoms with E-state index in [0.29, 0.717) is 5.92 Å². The van der Waals surface area contributed by atoms with Gasteiger partial charge in [0.15, 0.2) is 0 Å². The number of aryl methyl sites for hydroxylation is 2. The number of nitrogens with zero attached hydrogens (tertiary/aromatic N) is 3. The summed E-state index contributed by atoms with van der Waals surface area (Å²) >= 11 is 1.81. The summed E-state index contributed by atoms with van der Waals surface area (Å²) in [5.74, 6) is 0.306. The first-order chi connectivity index (χ1) is 27.9. The van der Waals surface area contributed by atoms with E-state index in [1.807, 2.05) is 11.3 Å². The highest BCUT2D eigenvalue weighted by Crippen LogP contribution is 2.51. The second-order valence-electron chi connectivity index (χ2n) is 15.9. The van der Waals surface area contributed by atoms with E-state index in [2.05, 4.69) is 164 Å². The Hall–Kier alpha value is -5.82. The van der Waals surface area contributed by atoms with Crippen molar-refractivity contribution in [2.24, 2.45) is 5.73 Å². The van der Waals surface area contributed by atoms with E-state index in [9.17, 15) is 0 Å². The van der Waals surface area contributed by atoms with Crippen molar-refractivity contribution in [1.82, 2.24) is 14.5 Å². The van der Waals surface area contributed by atoms with Crippen LogP contribution in [0.3, 0.4) is 0 Å². The minimum Gasteiger partial charge on any atom is -0.355 e. The Balaban J connectivity index is 1.21. The number of hydrogen-bond donors (Lipinski definition) is 2. The van der Waals surface area contributed by atoms with E-state index >= 15 is 0 Å². The third kappa shape index (κ3) is 6.01. The number of thiophene rings is 1. The van der Waals surface area contributed by atoms with Gasteiger partial charge < -0.3 is 15.6 Å². The highest BCUT2D eigenvalue weighted by atomic mass is 32.1. The lowest BCUT2D eigenvalue weighted by molar-refractivity contribution is 0.382. The second kappa shape index (κ2) is 14.3. The van der Waals surface area contributed by atoms with Gasteiger partial charge in [0.1, 0.15) is 11.0 Å². The van der Waals surface area contributed by atoms with Gasteiger partial charge in [0.25, 0.3) is 0 Å². The Morgan fingerprint density at radius 2 is 1.53 bits per heavy atom. The van der Waals surface area contributed by atoms with Gasteiger partial charge in [-0.05, 0) is 121 Å². The van der Waals surface area contributed by atoms with Gasteiger partial charge in [0, 0.05) is 39.6 Å². The summed E-state index contributed by atoms with van der Waals surface area (Å²) in [5.41, 5.74) is 23.9. The molecule has 3 N–H and O–H groups in total. The molecule has 2 aliphatic rings. The summed E-state index contributed by atoms with van der Waals surface area (Å²) in [5, 5.41) is 5.03. The molecule has 2 aliphatic carbocycles. The lowest BCUT2D eigenvalue weighted by atomic mass is 9.91. The van der Waals surface area contributed by atoms with E-state index in [0.717, 1.165) is 93.2 Å². The Kier molecular flexibility index (Phi) is 8.92. The number of allylic oxidation sites excluding steroid dienone is 1. The highest BCUT2D eigenvalue weighted by Gasteiger charge is 2.43. The van der Waals surface area contributed by atoms with Crippen molar-refractivity contribution in [2.75, 3.05) is 5.32 Å². The molecule has 0 amide bonds. The number of hydrogen-bond acceptors (Lipinski definition) is 5.